The monoisotopic (exact) mass is 250 g/mol. The van der Waals surface area contributed by atoms with Gasteiger partial charge < -0.3 is 0 Å². The van der Waals surface area contributed by atoms with Gasteiger partial charge in [-0.3, -0.25) is 0 Å². The van der Waals surface area contributed by atoms with Gasteiger partial charge in [-0.1, -0.05) is 0 Å². The fraction of sp³-hybridized carbons (Fsp3) is 0.250. The van der Waals surface area contributed by atoms with E-state index in [0.717, 1.165) is 0 Å². The molecular formula is C8H9AsCl2. The van der Waals surface area contributed by atoms with E-state index in [4.69, 9.17) is 23.2 Å². The molecule has 3 heteroatoms. The van der Waals surface area contributed by atoms with Gasteiger partial charge in [0.05, 0.1) is 0 Å². The Labute approximate surface area is 85.4 Å². The summed E-state index contributed by atoms with van der Waals surface area (Å²) in [5, 5.41) is 1.28. The molecule has 0 N–H and O–H groups in total. The fourth-order valence-electron chi connectivity index (χ4n) is 0.796. The topological polar surface area (TPSA) is 0 Å². The average Bonchev–Trinajstić information content (AvgIpc) is 1.94. The maximum absolute atomic E-state index is 5.83. The van der Waals surface area contributed by atoms with Crippen LogP contribution in [0, 0.1) is 0 Å². The van der Waals surface area contributed by atoms with Gasteiger partial charge >= 0.3 is 85.5 Å². The Kier molecular flexibility index (Phi) is 3.30. The van der Waals surface area contributed by atoms with Gasteiger partial charge in [-0.2, -0.15) is 0 Å². The van der Waals surface area contributed by atoms with Crippen molar-refractivity contribution in [2.75, 3.05) is 0 Å². The number of halogens is 2. The summed E-state index contributed by atoms with van der Waals surface area (Å²) in [4.78, 5) is 0. The first-order chi connectivity index (χ1) is 5.11. The summed E-state index contributed by atoms with van der Waals surface area (Å²) in [6.45, 7) is 2.15. The van der Waals surface area contributed by atoms with E-state index in [-0.39, 0.29) is 0 Å². The van der Waals surface area contributed by atoms with E-state index in [1.54, 1.807) is 16.9 Å². The molecule has 0 spiro atoms. The van der Waals surface area contributed by atoms with Crippen molar-refractivity contribution in [1.29, 1.82) is 0 Å². The van der Waals surface area contributed by atoms with Gasteiger partial charge in [-0.05, 0) is 0 Å². The van der Waals surface area contributed by atoms with Gasteiger partial charge in [0.1, 0.15) is 0 Å². The summed E-state index contributed by atoms with van der Waals surface area (Å²) in [5.41, 5.74) is 1.25. The molecule has 11 heavy (non-hydrogen) atoms. The first-order valence-corrected chi connectivity index (χ1v) is 5.47. The van der Waals surface area contributed by atoms with Crippen LogP contribution in [0.15, 0.2) is 18.2 Å². The second kappa shape index (κ2) is 3.85. The van der Waals surface area contributed by atoms with Gasteiger partial charge in [-0.15, -0.1) is 0 Å². The number of benzene rings is 1. The predicted molar refractivity (Wildman–Crippen MR) is 53.4 cm³/mol. The molecule has 1 rings (SSSR count). The Bertz CT molecular complexity index is 258. The third-order valence-corrected chi connectivity index (χ3v) is 3.02. The summed E-state index contributed by atoms with van der Waals surface area (Å²) in [6.07, 6.45) is 0. The zero-order valence-electron chi connectivity index (χ0n) is 6.14. The minimum atomic E-state index is 0.567. The predicted octanol–water partition coefficient (Wildman–Crippen LogP) is 2.69. The molecule has 0 aliphatic heterocycles. The van der Waals surface area contributed by atoms with Crippen LogP contribution in [-0.4, -0.2) is 16.9 Å². The van der Waals surface area contributed by atoms with E-state index in [2.05, 4.69) is 6.92 Å². The SMILES string of the molecule is CC([AsH2])c1ccc(Cl)c(Cl)c1. The molecule has 0 amide bonds. The molecule has 0 aliphatic rings. The number of hydrogen-bond acceptors (Lipinski definition) is 0. The Balaban J connectivity index is 3.05. The van der Waals surface area contributed by atoms with Crippen LogP contribution in [0.3, 0.4) is 0 Å². The Hall–Kier alpha value is 0.358. The Morgan fingerprint density at radius 3 is 2.36 bits per heavy atom. The van der Waals surface area contributed by atoms with Crippen LogP contribution in [-0.2, 0) is 0 Å². The molecule has 2 unspecified atom stereocenters. The first-order valence-electron chi connectivity index (χ1n) is 3.32. The minimum absolute atomic E-state index is 0.567. The number of rotatable bonds is 1. The van der Waals surface area contributed by atoms with Crippen molar-refractivity contribution in [2.45, 2.75) is 11.6 Å². The van der Waals surface area contributed by atoms with E-state index in [0.29, 0.717) is 14.8 Å². The molecule has 0 bridgehead atoms. The number of hydrogen-bond donors (Lipinski definition) is 0. The fourth-order valence-corrected chi connectivity index (χ4v) is 1.54. The molecule has 0 radical (unpaired) electrons. The summed E-state index contributed by atoms with van der Waals surface area (Å²) in [6, 6.07) is 5.78. The molecule has 60 valence electrons. The van der Waals surface area contributed by atoms with Crippen molar-refractivity contribution < 1.29 is 0 Å². The van der Waals surface area contributed by atoms with Gasteiger partial charge in [0.15, 0.2) is 0 Å². The molecule has 0 saturated heterocycles. The summed E-state index contributed by atoms with van der Waals surface area (Å²) >= 11 is 13.3. The van der Waals surface area contributed by atoms with Crippen molar-refractivity contribution in [1.82, 2.24) is 0 Å². The second-order valence-electron chi connectivity index (χ2n) is 2.46. The first kappa shape index (κ1) is 9.45. The third-order valence-electron chi connectivity index (χ3n) is 1.47. The second-order valence-corrected chi connectivity index (χ2v) is 5.37. The Morgan fingerprint density at radius 2 is 1.91 bits per heavy atom. The average molecular weight is 251 g/mol. The Morgan fingerprint density at radius 1 is 1.27 bits per heavy atom. The van der Waals surface area contributed by atoms with Crippen LogP contribution in [0.5, 0.6) is 0 Å². The molecule has 0 saturated carbocycles. The van der Waals surface area contributed by atoms with Crippen LogP contribution in [0.1, 0.15) is 17.2 Å². The molecule has 0 fully saturated rings. The molecule has 1 aromatic carbocycles. The van der Waals surface area contributed by atoms with Crippen LogP contribution < -0.4 is 0 Å². The summed E-state index contributed by atoms with van der Waals surface area (Å²) in [5.74, 6) is 0. The van der Waals surface area contributed by atoms with Gasteiger partial charge in [0, 0.05) is 0 Å². The quantitative estimate of drug-likeness (QED) is 0.673. The van der Waals surface area contributed by atoms with E-state index in [9.17, 15) is 0 Å². The molecule has 0 heterocycles. The normalized spacial score (nSPS) is 13.1. The van der Waals surface area contributed by atoms with Crippen molar-refractivity contribution >= 4 is 40.1 Å². The summed E-state index contributed by atoms with van der Waals surface area (Å²) < 4.78 is 0.567. The van der Waals surface area contributed by atoms with Crippen LogP contribution >= 0.6 is 23.2 Å². The molecule has 0 nitrogen and oxygen atoms in total. The third kappa shape index (κ3) is 2.40. The molecule has 0 aliphatic carbocycles. The van der Waals surface area contributed by atoms with Crippen molar-refractivity contribution in [2.24, 2.45) is 0 Å². The zero-order chi connectivity index (χ0) is 8.43. The molecule has 2 atom stereocenters. The molecule has 1 aromatic rings. The van der Waals surface area contributed by atoms with E-state index in [1.165, 1.54) is 5.56 Å². The van der Waals surface area contributed by atoms with Crippen molar-refractivity contribution in [3.8, 4) is 0 Å². The van der Waals surface area contributed by atoms with Gasteiger partial charge in [0.25, 0.3) is 0 Å². The molecular weight excluding hydrogens is 242 g/mol. The van der Waals surface area contributed by atoms with Crippen LogP contribution in [0.2, 0.25) is 10.0 Å². The van der Waals surface area contributed by atoms with E-state index >= 15 is 0 Å². The van der Waals surface area contributed by atoms with E-state index in [1.807, 2.05) is 18.2 Å². The van der Waals surface area contributed by atoms with Gasteiger partial charge in [0.2, 0.25) is 0 Å². The standard InChI is InChI=1S/C8H9AsCl2/c1-5(9)6-2-3-7(10)8(11)4-6/h2-5H,9H2,1H3. The molecule has 0 aromatic heterocycles. The van der Waals surface area contributed by atoms with Crippen LogP contribution in [0.25, 0.3) is 0 Å². The maximum atomic E-state index is 5.83. The van der Waals surface area contributed by atoms with E-state index < -0.39 is 0 Å². The summed E-state index contributed by atoms with van der Waals surface area (Å²) in [7, 11) is 0. The van der Waals surface area contributed by atoms with Gasteiger partial charge in [-0.25, -0.2) is 0 Å². The van der Waals surface area contributed by atoms with Crippen molar-refractivity contribution in [3.63, 3.8) is 0 Å². The van der Waals surface area contributed by atoms with Crippen LogP contribution in [0.4, 0.5) is 0 Å². The zero-order valence-corrected chi connectivity index (χ0v) is 10.1. The van der Waals surface area contributed by atoms with Crippen molar-refractivity contribution in [3.05, 3.63) is 33.8 Å².